The number of nitrogens with zero attached hydrogens (tertiary/aromatic N) is 1. The molecule has 19 heavy (non-hydrogen) atoms. The van der Waals surface area contributed by atoms with Gasteiger partial charge in [-0.15, -0.1) is 0 Å². The Morgan fingerprint density at radius 3 is 2.37 bits per heavy atom. The van der Waals surface area contributed by atoms with Crippen LogP contribution in [0, 0.1) is 10.1 Å². The van der Waals surface area contributed by atoms with E-state index in [0.717, 1.165) is 0 Å². The number of nitro groups is 1. The summed E-state index contributed by atoms with van der Waals surface area (Å²) in [6, 6.07) is 9.21. The molecule has 0 aliphatic carbocycles. The number of rotatable bonds is 4. The van der Waals surface area contributed by atoms with Gasteiger partial charge >= 0.3 is 5.88 Å². The van der Waals surface area contributed by atoms with Crippen LogP contribution in [0.3, 0.4) is 0 Å². The Kier molecular flexibility index (Phi) is 3.59. The minimum Gasteiger partial charge on any atom is -0.444 e. The van der Waals surface area contributed by atoms with Gasteiger partial charge in [-0.1, -0.05) is 11.6 Å². The van der Waals surface area contributed by atoms with Gasteiger partial charge in [-0.05, 0) is 36.4 Å². The molecule has 0 radical (unpaired) electrons. The zero-order valence-corrected chi connectivity index (χ0v) is 11.0. The first-order valence-corrected chi connectivity index (χ1v) is 7.12. The first-order valence-electron chi connectivity index (χ1n) is 5.09. The number of hydrogen-bond donors (Lipinski definition) is 0. The molecule has 0 saturated heterocycles. The van der Waals surface area contributed by atoms with Gasteiger partial charge in [-0.2, -0.15) is 0 Å². The van der Waals surface area contributed by atoms with Crippen molar-refractivity contribution >= 4 is 21.4 Å². The fourth-order valence-electron chi connectivity index (χ4n) is 1.46. The van der Waals surface area contributed by atoms with Gasteiger partial charge in [0.2, 0.25) is 5.09 Å². The predicted molar refractivity (Wildman–Crippen MR) is 68.2 cm³/mol. The lowest BCUT2D eigenvalue weighted by Gasteiger charge is -1.97. The number of hydrogen-bond acceptors (Lipinski definition) is 5. The molecule has 0 amide bonds. The molecular formula is C11H8ClNO5S. The first kappa shape index (κ1) is 13.6. The fourth-order valence-corrected chi connectivity index (χ4v) is 2.48. The highest BCUT2D eigenvalue weighted by Crippen LogP contribution is 2.26. The van der Waals surface area contributed by atoms with Crippen molar-refractivity contribution in [2.45, 2.75) is 5.09 Å². The van der Waals surface area contributed by atoms with E-state index in [9.17, 15) is 18.5 Å². The van der Waals surface area contributed by atoms with Crippen LogP contribution in [0.25, 0.3) is 11.3 Å². The third-order valence-corrected chi connectivity index (χ3v) is 3.93. The topological polar surface area (TPSA) is 90.4 Å². The van der Waals surface area contributed by atoms with Crippen LogP contribution in [0.15, 0.2) is 45.9 Å². The number of benzene rings is 1. The maximum absolute atomic E-state index is 11.6. The Labute approximate surface area is 113 Å². The second-order valence-electron chi connectivity index (χ2n) is 3.70. The summed E-state index contributed by atoms with van der Waals surface area (Å²) < 4.78 is 28.3. The van der Waals surface area contributed by atoms with E-state index in [-0.39, 0.29) is 0 Å². The van der Waals surface area contributed by atoms with Crippen molar-refractivity contribution in [3.63, 3.8) is 0 Å². The second-order valence-corrected chi connectivity index (χ2v) is 6.03. The summed E-state index contributed by atoms with van der Waals surface area (Å²) in [6.07, 6.45) is 0. The molecule has 0 bridgehead atoms. The third-order valence-electron chi connectivity index (χ3n) is 2.29. The van der Waals surface area contributed by atoms with E-state index in [2.05, 4.69) is 0 Å². The summed E-state index contributed by atoms with van der Waals surface area (Å²) in [5.41, 5.74) is 0.631. The summed E-state index contributed by atoms with van der Waals surface area (Å²) in [4.78, 5) is 9.36. The SMILES string of the molecule is O=[N+]([O-])CS(=O)(=O)c1ccc(-c2ccc(Cl)cc2)o1. The Balaban J connectivity index is 2.34. The zero-order chi connectivity index (χ0) is 14.0. The molecule has 1 aromatic heterocycles. The van der Waals surface area contributed by atoms with Gasteiger partial charge in [0, 0.05) is 15.5 Å². The summed E-state index contributed by atoms with van der Waals surface area (Å²) in [7, 11) is -4.05. The highest BCUT2D eigenvalue weighted by molar-refractivity contribution is 7.91. The van der Waals surface area contributed by atoms with Gasteiger partial charge in [0.1, 0.15) is 5.76 Å². The van der Waals surface area contributed by atoms with Crippen LogP contribution in [0.4, 0.5) is 0 Å². The summed E-state index contributed by atoms with van der Waals surface area (Å²) in [5.74, 6) is -0.890. The maximum Gasteiger partial charge on any atom is 0.309 e. The predicted octanol–water partition coefficient (Wildman–Crippen LogP) is 2.61. The highest BCUT2D eigenvalue weighted by atomic mass is 35.5. The first-order chi connectivity index (χ1) is 8.88. The molecule has 0 unspecified atom stereocenters. The zero-order valence-electron chi connectivity index (χ0n) is 9.45. The lowest BCUT2D eigenvalue weighted by Crippen LogP contribution is -2.13. The Bertz CT molecular complexity index is 705. The number of furan rings is 1. The highest BCUT2D eigenvalue weighted by Gasteiger charge is 2.25. The molecule has 0 spiro atoms. The van der Waals surface area contributed by atoms with Crippen molar-refractivity contribution in [1.82, 2.24) is 0 Å². The molecule has 8 heteroatoms. The van der Waals surface area contributed by atoms with Gasteiger partial charge in [0.15, 0.2) is 0 Å². The van der Waals surface area contributed by atoms with Crippen molar-refractivity contribution in [2.75, 3.05) is 5.88 Å². The molecule has 100 valence electrons. The molecule has 0 saturated carbocycles. The van der Waals surface area contributed by atoms with Crippen LogP contribution in [-0.2, 0) is 9.84 Å². The Morgan fingerprint density at radius 1 is 1.16 bits per heavy atom. The van der Waals surface area contributed by atoms with Gasteiger partial charge in [0.05, 0.1) is 0 Å². The standard InChI is InChI=1S/C11H8ClNO5S/c12-9-3-1-8(2-4-9)10-5-6-11(18-10)19(16,17)7-13(14)15/h1-6H,7H2. The largest absolute Gasteiger partial charge is 0.444 e. The van der Waals surface area contributed by atoms with Gasteiger partial charge in [-0.25, -0.2) is 8.42 Å². The van der Waals surface area contributed by atoms with Crippen molar-refractivity contribution in [3.8, 4) is 11.3 Å². The average Bonchev–Trinajstić information content (AvgIpc) is 2.78. The smallest absolute Gasteiger partial charge is 0.309 e. The summed E-state index contributed by atoms with van der Waals surface area (Å²) >= 11 is 5.73. The van der Waals surface area contributed by atoms with E-state index in [1.54, 1.807) is 24.3 Å². The van der Waals surface area contributed by atoms with E-state index < -0.39 is 25.7 Å². The molecule has 6 nitrogen and oxygen atoms in total. The van der Waals surface area contributed by atoms with Crippen molar-refractivity contribution in [2.24, 2.45) is 0 Å². The molecule has 0 atom stereocenters. The van der Waals surface area contributed by atoms with Crippen LogP contribution in [0.1, 0.15) is 0 Å². The lowest BCUT2D eigenvalue weighted by molar-refractivity contribution is -0.458. The van der Waals surface area contributed by atoms with Crippen LogP contribution < -0.4 is 0 Å². The van der Waals surface area contributed by atoms with E-state index in [4.69, 9.17) is 16.0 Å². The molecule has 1 aromatic carbocycles. The normalized spacial score (nSPS) is 11.4. The minimum atomic E-state index is -4.05. The van der Waals surface area contributed by atoms with Crippen LogP contribution in [0.2, 0.25) is 5.02 Å². The van der Waals surface area contributed by atoms with Crippen molar-refractivity contribution in [3.05, 3.63) is 51.5 Å². The molecule has 2 aromatic rings. The Hall–Kier alpha value is -1.86. The van der Waals surface area contributed by atoms with Gasteiger partial charge < -0.3 is 4.42 Å². The number of halogens is 1. The third kappa shape index (κ3) is 3.12. The van der Waals surface area contributed by atoms with Crippen molar-refractivity contribution < 1.29 is 17.8 Å². The van der Waals surface area contributed by atoms with Crippen LogP contribution in [-0.4, -0.2) is 19.2 Å². The fraction of sp³-hybridized carbons (Fsp3) is 0.0909. The second kappa shape index (κ2) is 5.02. The van der Waals surface area contributed by atoms with Crippen molar-refractivity contribution in [1.29, 1.82) is 0 Å². The molecule has 1 heterocycles. The quantitative estimate of drug-likeness (QED) is 0.639. The average molecular weight is 302 g/mol. The van der Waals surface area contributed by atoms with E-state index >= 15 is 0 Å². The molecule has 0 fully saturated rings. The maximum atomic E-state index is 11.6. The van der Waals surface area contributed by atoms with Gasteiger partial charge in [0.25, 0.3) is 9.84 Å². The molecule has 2 rings (SSSR count). The summed E-state index contributed by atoms with van der Waals surface area (Å²) in [6.45, 7) is 0. The van der Waals surface area contributed by atoms with Gasteiger partial charge in [-0.3, -0.25) is 10.1 Å². The van der Waals surface area contributed by atoms with E-state index in [1.165, 1.54) is 12.1 Å². The monoisotopic (exact) mass is 301 g/mol. The Morgan fingerprint density at radius 2 is 1.79 bits per heavy atom. The number of sulfone groups is 1. The lowest BCUT2D eigenvalue weighted by atomic mass is 10.2. The summed E-state index contributed by atoms with van der Waals surface area (Å²) in [5, 5.41) is 10.4. The van der Waals surface area contributed by atoms with E-state index in [0.29, 0.717) is 16.3 Å². The van der Waals surface area contributed by atoms with Crippen LogP contribution in [0.5, 0.6) is 0 Å². The minimum absolute atomic E-state index is 0.304. The molecular weight excluding hydrogens is 294 g/mol. The molecule has 0 aliphatic heterocycles. The molecule has 0 N–H and O–H groups in total. The van der Waals surface area contributed by atoms with E-state index in [1.807, 2.05) is 0 Å². The van der Waals surface area contributed by atoms with Crippen LogP contribution >= 0.6 is 11.6 Å². The molecule has 0 aliphatic rings.